The van der Waals surface area contributed by atoms with E-state index in [1.165, 1.54) is 43.0 Å². The number of fused-ring (bicyclic) bond motifs is 1. The summed E-state index contributed by atoms with van der Waals surface area (Å²) in [4.78, 5) is 31.2. The molecule has 3 heterocycles. The summed E-state index contributed by atoms with van der Waals surface area (Å²) in [6.45, 7) is 0. The van der Waals surface area contributed by atoms with Crippen molar-refractivity contribution in [2.75, 3.05) is 7.11 Å². The molecule has 0 atom stereocenters. The second-order valence-corrected chi connectivity index (χ2v) is 7.18. The number of nitrogens with zero attached hydrogens (tertiary/aromatic N) is 4. The van der Waals surface area contributed by atoms with E-state index in [1.54, 1.807) is 23.7 Å². The van der Waals surface area contributed by atoms with E-state index in [2.05, 4.69) is 9.97 Å². The van der Waals surface area contributed by atoms with Gasteiger partial charge in [0.25, 0.3) is 5.69 Å². The average Bonchev–Trinajstić information content (AvgIpc) is 3.32. The number of esters is 1. The number of carbonyl (C=O) groups excluding carboxylic acids is 1. The Labute approximate surface area is 172 Å². The van der Waals surface area contributed by atoms with Gasteiger partial charge in [0.15, 0.2) is 17.4 Å². The Kier molecular flexibility index (Phi) is 4.88. The van der Waals surface area contributed by atoms with Crippen molar-refractivity contribution in [3.05, 3.63) is 64.4 Å². The minimum atomic E-state index is -0.849. The number of pyridine rings is 1. The van der Waals surface area contributed by atoms with Gasteiger partial charge in [-0.2, -0.15) is 0 Å². The van der Waals surface area contributed by atoms with Crippen molar-refractivity contribution in [1.29, 1.82) is 0 Å². The van der Waals surface area contributed by atoms with Crippen molar-refractivity contribution in [3.63, 3.8) is 0 Å². The molecule has 0 saturated heterocycles. The lowest BCUT2D eigenvalue weighted by atomic mass is 10.3. The van der Waals surface area contributed by atoms with Gasteiger partial charge in [0.05, 0.1) is 39.4 Å². The number of methoxy groups -OCH3 is 1. The molecule has 4 aromatic rings. The molecule has 0 N–H and O–H groups in total. The van der Waals surface area contributed by atoms with Crippen molar-refractivity contribution in [2.24, 2.45) is 7.05 Å². The number of nitro benzene ring substituents is 1. The highest BCUT2D eigenvalue weighted by Crippen LogP contribution is 2.39. The van der Waals surface area contributed by atoms with Crippen LogP contribution in [0.5, 0.6) is 11.5 Å². The summed E-state index contributed by atoms with van der Waals surface area (Å²) in [7, 11) is 2.98. The minimum Gasteiger partial charge on any atom is -0.464 e. The van der Waals surface area contributed by atoms with Gasteiger partial charge < -0.3 is 14.0 Å². The first-order valence-electron chi connectivity index (χ1n) is 8.49. The summed E-state index contributed by atoms with van der Waals surface area (Å²) in [6, 6.07) is 6.52. The molecule has 152 valence electrons. The fourth-order valence-corrected chi connectivity index (χ4v) is 3.94. The Morgan fingerprint density at radius 3 is 2.73 bits per heavy atom. The SMILES string of the molecule is COC(=O)c1cnc(-c2cc3nccc(Oc4ccc([N+](=O)[O-])cc4F)c3s2)n1C. The Morgan fingerprint density at radius 1 is 1.23 bits per heavy atom. The quantitative estimate of drug-likeness (QED) is 0.264. The van der Waals surface area contributed by atoms with E-state index in [-0.39, 0.29) is 11.4 Å². The normalized spacial score (nSPS) is 10.9. The number of carbonyl (C=O) groups is 1. The lowest BCUT2D eigenvalue weighted by Crippen LogP contribution is -2.07. The fourth-order valence-electron chi connectivity index (χ4n) is 2.84. The molecule has 0 bridgehead atoms. The maximum Gasteiger partial charge on any atom is 0.356 e. The fraction of sp³-hybridized carbons (Fsp3) is 0.105. The molecule has 0 unspecified atom stereocenters. The highest BCUT2D eigenvalue weighted by molar-refractivity contribution is 7.22. The van der Waals surface area contributed by atoms with Crippen LogP contribution in [0.4, 0.5) is 10.1 Å². The number of imidazole rings is 1. The molecule has 3 aromatic heterocycles. The number of aromatic nitrogens is 3. The van der Waals surface area contributed by atoms with Crippen LogP contribution in [0.25, 0.3) is 20.9 Å². The molecule has 0 aliphatic heterocycles. The Bertz CT molecular complexity index is 1300. The Hall–Kier alpha value is -3.86. The lowest BCUT2D eigenvalue weighted by molar-refractivity contribution is -0.385. The van der Waals surface area contributed by atoms with E-state index in [1.807, 2.05) is 0 Å². The predicted octanol–water partition coefficient (Wildman–Crippen LogP) is 4.32. The topological polar surface area (TPSA) is 109 Å². The predicted molar refractivity (Wildman–Crippen MR) is 106 cm³/mol. The van der Waals surface area contributed by atoms with Gasteiger partial charge in [0.1, 0.15) is 11.4 Å². The van der Waals surface area contributed by atoms with Crippen molar-refractivity contribution in [2.45, 2.75) is 0 Å². The summed E-state index contributed by atoms with van der Waals surface area (Å²) in [5, 5.41) is 10.8. The number of thiophene rings is 1. The van der Waals surface area contributed by atoms with E-state index in [0.717, 1.165) is 10.9 Å². The second-order valence-electron chi connectivity index (χ2n) is 6.13. The highest BCUT2D eigenvalue weighted by atomic mass is 32.1. The van der Waals surface area contributed by atoms with E-state index in [4.69, 9.17) is 9.47 Å². The number of rotatable bonds is 5. The van der Waals surface area contributed by atoms with Crippen LogP contribution in [0.1, 0.15) is 10.5 Å². The molecule has 1 aromatic carbocycles. The number of hydrogen-bond acceptors (Lipinski definition) is 8. The molecule has 30 heavy (non-hydrogen) atoms. The van der Waals surface area contributed by atoms with Gasteiger partial charge in [-0.1, -0.05) is 0 Å². The smallest absolute Gasteiger partial charge is 0.356 e. The van der Waals surface area contributed by atoms with Crippen LogP contribution in [0.3, 0.4) is 0 Å². The number of non-ortho nitro benzene ring substituents is 1. The van der Waals surface area contributed by atoms with E-state index in [0.29, 0.717) is 27.5 Å². The second kappa shape index (κ2) is 7.52. The van der Waals surface area contributed by atoms with E-state index in [9.17, 15) is 19.3 Å². The summed E-state index contributed by atoms with van der Waals surface area (Å²) in [5.41, 5.74) is 0.522. The first kappa shape index (κ1) is 19.5. The molecule has 0 aliphatic carbocycles. The van der Waals surface area contributed by atoms with Crippen LogP contribution in [0, 0.1) is 15.9 Å². The largest absolute Gasteiger partial charge is 0.464 e. The van der Waals surface area contributed by atoms with Gasteiger partial charge in [-0.25, -0.2) is 14.2 Å². The monoisotopic (exact) mass is 428 g/mol. The number of benzene rings is 1. The Balaban J connectivity index is 1.73. The van der Waals surface area contributed by atoms with Gasteiger partial charge in [0.2, 0.25) is 0 Å². The molecule has 9 nitrogen and oxygen atoms in total. The maximum absolute atomic E-state index is 14.2. The average molecular weight is 428 g/mol. The summed E-state index contributed by atoms with van der Waals surface area (Å²) < 4.78 is 26.9. The number of hydrogen-bond donors (Lipinski definition) is 0. The van der Waals surface area contributed by atoms with Gasteiger partial charge in [-0.3, -0.25) is 15.1 Å². The number of nitro groups is 1. The highest BCUT2D eigenvalue weighted by Gasteiger charge is 2.19. The van der Waals surface area contributed by atoms with Gasteiger partial charge in [0, 0.05) is 25.4 Å². The number of ether oxygens (including phenoxy) is 2. The van der Waals surface area contributed by atoms with Crippen molar-refractivity contribution < 1.29 is 23.6 Å². The van der Waals surface area contributed by atoms with E-state index >= 15 is 0 Å². The molecule has 0 aliphatic rings. The van der Waals surface area contributed by atoms with Gasteiger partial charge >= 0.3 is 5.97 Å². The molecule has 0 amide bonds. The van der Waals surface area contributed by atoms with Crippen molar-refractivity contribution in [3.8, 4) is 22.2 Å². The molecule has 0 fully saturated rings. The van der Waals surface area contributed by atoms with Crippen molar-refractivity contribution >= 4 is 33.2 Å². The zero-order valence-corrected chi connectivity index (χ0v) is 16.5. The minimum absolute atomic E-state index is 0.145. The third-order valence-electron chi connectivity index (χ3n) is 4.33. The zero-order chi connectivity index (χ0) is 21.4. The lowest BCUT2D eigenvalue weighted by Gasteiger charge is -2.07. The van der Waals surface area contributed by atoms with Gasteiger partial charge in [-0.15, -0.1) is 11.3 Å². The first-order valence-corrected chi connectivity index (χ1v) is 9.31. The van der Waals surface area contributed by atoms with Crippen molar-refractivity contribution in [1.82, 2.24) is 14.5 Å². The van der Waals surface area contributed by atoms with E-state index < -0.39 is 16.7 Å². The maximum atomic E-state index is 14.2. The molecule has 0 saturated carbocycles. The van der Waals surface area contributed by atoms with Crippen LogP contribution in [0.2, 0.25) is 0 Å². The van der Waals surface area contributed by atoms with Crippen LogP contribution in [-0.4, -0.2) is 32.5 Å². The molecular formula is C19H13FN4O5S. The number of halogens is 1. The van der Waals surface area contributed by atoms with Gasteiger partial charge in [-0.05, 0) is 12.1 Å². The molecule has 4 rings (SSSR count). The Morgan fingerprint density at radius 2 is 2.03 bits per heavy atom. The van der Waals surface area contributed by atoms with Crippen LogP contribution < -0.4 is 4.74 Å². The van der Waals surface area contributed by atoms with Crippen LogP contribution in [0.15, 0.2) is 42.7 Å². The summed E-state index contributed by atoms with van der Waals surface area (Å²) >= 11 is 1.30. The summed E-state index contributed by atoms with van der Waals surface area (Å²) in [5.74, 6) is -0.629. The van der Waals surface area contributed by atoms with Crippen LogP contribution in [-0.2, 0) is 11.8 Å². The molecule has 0 radical (unpaired) electrons. The molecule has 11 heteroatoms. The van der Waals surface area contributed by atoms with Crippen LogP contribution >= 0.6 is 11.3 Å². The third kappa shape index (κ3) is 3.35. The zero-order valence-electron chi connectivity index (χ0n) is 15.7. The summed E-state index contributed by atoms with van der Waals surface area (Å²) in [6.07, 6.45) is 2.93. The third-order valence-corrected chi connectivity index (χ3v) is 5.46. The molecule has 0 spiro atoms. The first-order chi connectivity index (χ1) is 14.4. The molecular weight excluding hydrogens is 415 g/mol. The standard InChI is InChI=1S/C19H13FN4O5S/c1-23-13(19(25)28-2)9-22-18(23)16-8-12-17(30-16)15(5-6-21-12)29-14-4-3-10(24(26)27)7-11(14)20/h3-9H,1-2H3.